The van der Waals surface area contributed by atoms with Gasteiger partial charge in [-0.05, 0) is 51.5 Å². The van der Waals surface area contributed by atoms with Crippen LogP contribution < -0.4 is 5.73 Å². The third-order valence-electron chi connectivity index (χ3n) is 4.91. The van der Waals surface area contributed by atoms with Crippen LogP contribution in [0.1, 0.15) is 58.8 Å². The summed E-state index contributed by atoms with van der Waals surface area (Å²) in [5, 5.41) is 0. The summed E-state index contributed by atoms with van der Waals surface area (Å²) in [6.45, 7) is 6.78. The largest absolute Gasteiger partial charge is 0.329 e. The predicted molar refractivity (Wildman–Crippen MR) is 69.4 cm³/mol. The summed E-state index contributed by atoms with van der Waals surface area (Å²) in [5.74, 6) is 0.983. The van der Waals surface area contributed by atoms with Crippen molar-refractivity contribution in [1.29, 1.82) is 0 Å². The topological polar surface area (TPSA) is 29.3 Å². The molecular formula is C14H28N2. The Morgan fingerprint density at radius 2 is 2.00 bits per heavy atom. The van der Waals surface area contributed by atoms with Gasteiger partial charge in [0.25, 0.3) is 0 Å². The van der Waals surface area contributed by atoms with E-state index in [2.05, 4.69) is 18.7 Å². The summed E-state index contributed by atoms with van der Waals surface area (Å²) in [7, 11) is 0. The number of rotatable bonds is 4. The average molecular weight is 224 g/mol. The Morgan fingerprint density at radius 3 is 2.69 bits per heavy atom. The molecule has 3 atom stereocenters. The second-order valence-corrected chi connectivity index (χ2v) is 6.05. The maximum Gasteiger partial charge on any atom is 0.0306 e. The Bertz CT molecular complexity index is 229. The maximum atomic E-state index is 6.07. The molecule has 2 heteroatoms. The first kappa shape index (κ1) is 12.4. The third kappa shape index (κ3) is 2.14. The number of nitrogens with zero attached hydrogens (tertiary/aromatic N) is 1. The fourth-order valence-electron chi connectivity index (χ4n) is 4.03. The lowest BCUT2D eigenvalue weighted by Gasteiger charge is -2.49. The second-order valence-electron chi connectivity index (χ2n) is 6.05. The van der Waals surface area contributed by atoms with Gasteiger partial charge in [-0.15, -0.1) is 0 Å². The van der Waals surface area contributed by atoms with Crippen molar-refractivity contribution in [3.05, 3.63) is 0 Å². The van der Waals surface area contributed by atoms with Gasteiger partial charge in [0, 0.05) is 18.1 Å². The quantitative estimate of drug-likeness (QED) is 0.795. The van der Waals surface area contributed by atoms with Crippen LogP contribution in [0.3, 0.4) is 0 Å². The zero-order valence-electron chi connectivity index (χ0n) is 11.0. The van der Waals surface area contributed by atoms with Crippen molar-refractivity contribution < 1.29 is 0 Å². The maximum absolute atomic E-state index is 6.07. The van der Waals surface area contributed by atoms with E-state index in [0.717, 1.165) is 18.5 Å². The molecule has 2 rings (SSSR count). The van der Waals surface area contributed by atoms with Crippen molar-refractivity contribution in [2.45, 2.75) is 70.4 Å². The molecule has 0 spiro atoms. The molecule has 0 aromatic rings. The third-order valence-corrected chi connectivity index (χ3v) is 4.91. The first-order valence-corrected chi connectivity index (χ1v) is 7.18. The minimum absolute atomic E-state index is 0.266. The van der Waals surface area contributed by atoms with E-state index in [1.165, 1.54) is 51.5 Å². The highest BCUT2D eigenvalue weighted by Crippen LogP contribution is 2.40. The van der Waals surface area contributed by atoms with Crippen LogP contribution in [0.5, 0.6) is 0 Å². The Labute approximate surface area is 101 Å². The molecule has 0 radical (unpaired) electrons. The summed E-state index contributed by atoms with van der Waals surface area (Å²) in [6, 6.07) is 0.855. The summed E-state index contributed by atoms with van der Waals surface area (Å²) >= 11 is 0. The molecule has 0 bridgehead atoms. The molecule has 2 fully saturated rings. The Morgan fingerprint density at radius 1 is 1.25 bits per heavy atom. The van der Waals surface area contributed by atoms with Crippen LogP contribution in [0.4, 0.5) is 0 Å². The molecule has 3 unspecified atom stereocenters. The Kier molecular flexibility index (Phi) is 3.91. The SMILES string of the molecule is CCCC(C)(CN)N1CCCC2CCCC21. The van der Waals surface area contributed by atoms with Crippen molar-refractivity contribution >= 4 is 0 Å². The van der Waals surface area contributed by atoms with E-state index in [1.54, 1.807) is 0 Å². The van der Waals surface area contributed by atoms with Gasteiger partial charge in [-0.2, -0.15) is 0 Å². The lowest BCUT2D eigenvalue weighted by Crippen LogP contribution is -2.58. The molecule has 1 saturated carbocycles. The molecule has 0 amide bonds. The van der Waals surface area contributed by atoms with Crippen LogP contribution in [-0.4, -0.2) is 29.6 Å². The van der Waals surface area contributed by atoms with Crippen molar-refractivity contribution in [3.63, 3.8) is 0 Å². The van der Waals surface area contributed by atoms with Crippen molar-refractivity contribution in [2.24, 2.45) is 11.7 Å². The van der Waals surface area contributed by atoms with Crippen LogP contribution >= 0.6 is 0 Å². The second kappa shape index (κ2) is 5.05. The van der Waals surface area contributed by atoms with E-state index in [4.69, 9.17) is 5.73 Å². The molecule has 16 heavy (non-hydrogen) atoms. The van der Waals surface area contributed by atoms with Crippen LogP contribution in [0.25, 0.3) is 0 Å². The van der Waals surface area contributed by atoms with Crippen LogP contribution in [0.15, 0.2) is 0 Å². The number of piperidine rings is 1. The van der Waals surface area contributed by atoms with Crippen LogP contribution in [0.2, 0.25) is 0 Å². The number of likely N-dealkylation sites (tertiary alicyclic amines) is 1. The van der Waals surface area contributed by atoms with Gasteiger partial charge in [0.15, 0.2) is 0 Å². The van der Waals surface area contributed by atoms with Gasteiger partial charge in [0.2, 0.25) is 0 Å². The summed E-state index contributed by atoms with van der Waals surface area (Å²) in [4.78, 5) is 2.78. The average Bonchev–Trinajstić information content (AvgIpc) is 2.76. The molecule has 1 heterocycles. The molecule has 0 aromatic carbocycles. The highest BCUT2D eigenvalue weighted by atomic mass is 15.2. The van der Waals surface area contributed by atoms with Gasteiger partial charge in [-0.3, -0.25) is 4.90 Å². The lowest BCUT2D eigenvalue weighted by atomic mass is 9.84. The molecule has 1 aliphatic carbocycles. The van der Waals surface area contributed by atoms with E-state index in [1.807, 2.05) is 0 Å². The zero-order valence-corrected chi connectivity index (χ0v) is 11.0. The van der Waals surface area contributed by atoms with Crippen LogP contribution in [0, 0.1) is 5.92 Å². The first-order valence-electron chi connectivity index (χ1n) is 7.18. The first-order chi connectivity index (χ1) is 7.71. The minimum atomic E-state index is 0.266. The zero-order chi connectivity index (χ0) is 11.6. The highest BCUT2D eigenvalue weighted by molar-refractivity contribution is 4.98. The van der Waals surface area contributed by atoms with Crippen molar-refractivity contribution in [3.8, 4) is 0 Å². The molecule has 2 nitrogen and oxygen atoms in total. The normalized spacial score (nSPS) is 34.7. The van der Waals surface area contributed by atoms with E-state index in [0.29, 0.717) is 0 Å². The monoisotopic (exact) mass is 224 g/mol. The lowest BCUT2D eigenvalue weighted by molar-refractivity contribution is 0.00845. The van der Waals surface area contributed by atoms with E-state index >= 15 is 0 Å². The Balaban J connectivity index is 2.10. The molecule has 2 aliphatic rings. The van der Waals surface area contributed by atoms with E-state index < -0.39 is 0 Å². The van der Waals surface area contributed by atoms with Gasteiger partial charge >= 0.3 is 0 Å². The minimum Gasteiger partial charge on any atom is -0.329 e. The van der Waals surface area contributed by atoms with Gasteiger partial charge in [-0.25, -0.2) is 0 Å². The number of hydrogen-bond acceptors (Lipinski definition) is 2. The van der Waals surface area contributed by atoms with Crippen molar-refractivity contribution in [2.75, 3.05) is 13.1 Å². The number of nitrogens with two attached hydrogens (primary N) is 1. The fourth-order valence-corrected chi connectivity index (χ4v) is 4.03. The fraction of sp³-hybridized carbons (Fsp3) is 1.00. The molecule has 1 aliphatic heterocycles. The van der Waals surface area contributed by atoms with Gasteiger partial charge in [-0.1, -0.05) is 19.8 Å². The van der Waals surface area contributed by atoms with Crippen molar-refractivity contribution in [1.82, 2.24) is 4.90 Å². The van der Waals surface area contributed by atoms with E-state index in [-0.39, 0.29) is 5.54 Å². The van der Waals surface area contributed by atoms with Crippen LogP contribution in [-0.2, 0) is 0 Å². The molecule has 94 valence electrons. The molecule has 1 saturated heterocycles. The molecular weight excluding hydrogens is 196 g/mol. The van der Waals surface area contributed by atoms with E-state index in [9.17, 15) is 0 Å². The highest BCUT2D eigenvalue weighted by Gasteiger charge is 2.42. The summed E-state index contributed by atoms with van der Waals surface area (Å²) in [5.41, 5.74) is 6.33. The smallest absolute Gasteiger partial charge is 0.0306 e. The molecule has 0 aromatic heterocycles. The Hall–Kier alpha value is -0.0800. The molecule has 2 N–H and O–H groups in total. The van der Waals surface area contributed by atoms with Gasteiger partial charge in [0.1, 0.15) is 0 Å². The van der Waals surface area contributed by atoms with Gasteiger partial charge < -0.3 is 5.73 Å². The summed E-state index contributed by atoms with van der Waals surface area (Å²) < 4.78 is 0. The number of fused-ring (bicyclic) bond motifs is 1. The standard InChI is InChI=1S/C14H28N2/c1-3-9-14(2,11-15)16-10-5-7-12-6-4-8-13(12)16/h12-13H,3-11,15H2,1-2H3. The predicted octanol–water partition coefficient (Wildman–Crippen LogP) is 2.77. The summed E-state index contributed by atoms with van der Waals surface area (Å²) in [6.07, 6.45) is 9.69. The van der Waals surface area contributed by atoms with Gasteiger partial charge in [0.05, 0.1) is 0 Å². The number of hydrogen-bond donors (Lipinski definition) is 1.